The van der Waals surface area contributed by atoms with E-state index >= 15 is 0 Å². The summed E-state index contributed by atoms with van der Waals surface area (Å²) in [4.78, 5) is 29.0. The van der Waals surface area contributed by atoms with Crippen LogP contribution in [0.4, 0.5) is 4.39 Å². The molecule has 1 saturated heterocycles. The minimum absolute atomic E-state index is 0.110. The van der Waals surface area contributed by atoms with Crippen molar-refractivity contribution >= 4 is 11.8 Å². The van der Waals surface area contributed by atoms with Crippen molar-refractivity contribution in [3.05, 3.63) is 47.5 Å². The van der Waals surface area contributed by atoms with E-state index in [4.69, 9.17) is 4.74 Å². The van der Waals surface area contributed by atoms with Crippen molar-refractivity contribution < 1.29 is 18.7 Å². The number of ether oxygens (including phenoxy) is 1. The van der Waals surface area contributed by atoms with Gasteiger partial charge in [0.25, 0.3) is 5.91 Å². The quantitative estimate of drug-likeness (QED) is 0.773. The standard InChI is InChI=1S/C21H27FN4O3/c1-3-25(4-2)20(27)15-7-6-10-26(13-15)21(28)19-12-17(23-24-19)14-29-18-9-5-8-16(22)11-18/h5,8-9,11-12,15H,3-4,6-7,10,13-14H2,1-2H3,(H,23,24). The second kappa shape index (κ2) is 9.54. The van der Waals surface area contributed by atoms with Gasteiger partial charge in [-0.2, -0.15) is 5.10 Å². The summed E-state index contributed by atoms with van der Waals surface area (Å²) in [6.45, 7) is 6.45. The molecule has 0 spiro atoms. The van der Waals surface area contributed by atoms with Gasteiger partial charge in [0.05, 0.1) is 11.6 Å². The molecule has 1 aromatic heterocycles. The van der Waals surface area contributed by atoms with Gasteiger partial charge in [0.15, 0.2) is 5.69 Å². The molecule has 0 saturated carbocycles. The largest absolute Gasteiger partial charge is 0.487 e. The first-order chi connectivity index (χ1) is 14.0. The topological polar surface area (TPSA) is 78.5 Å². The van der Waals surface area contributed by atoms with Crippen molar-refractivity contribution in [2.75, 3.05) is 26.2 Å². The molecule has 1 N–H and O–H groups in total. The zero-order valence-electron chi connectivity index (χ0n) is 16.9. The van der Waals surface area contributed by atoms with Gasteiger partial charge in [0.1, 0.15) is 18.2 Å². The van der Waals surface area contributed by atoms with Gasteiger partial charge in [0.2, 0.25) is 5.91 Å². The number of halogens is 1. The SMILES string of the molecule is CCN(CC)C(=O)C1CCCN(C(=O)c2cc(COc3cccc(F)c3)[nH]n2)C1. The number of aromatic nitrogens is 2. The van der Waals surface area contributed by atoms with Crippen LogP contribution in [0.3, 0.4) is 0 Å². The molecule has 0 aliphatic carbocycles. The molecule has 1 atom stereocenters. The summed E-state index contributed by atoms with van der Waals surface area (Å²) in [7, 11) is 0. The first kappa shape index (κ1) is 20.8. The Morgan fingerprint density at radius 2 is 2.10 bits per heavy atom. The molecule has 1 aliphatic rings. The van der Waals surface area contributed by atoms with Crippen molar-refractivity contribution in [2.45, 2.75) is 33.3 Å². The number of hydrogen-bond acceptors (Lipinski definition) is 4. The van der Waals surface area contributed by atoms with Gasteiger partial charge < -0.3 is 14.5 Å². The van der Waals surface area contributed by atoms with Gasteiger partial charge in [-0.15, -0.1) is 0 Å². The average Bonchev–Trinajstić information content (AvgIpc) is 3.22. The van der Waals surface area contributed by atoms with Gasteiger partial charge in [-0.05, 0) is 44.9 Å². The van der Waals surface area contributed by atoms with Gasteiger partial charge >= 0.3 is 0 Å². The van der Waals surface area contributed by atoms with Crippen LogP contribution in [0, 0.1) is 11.7 Å². The van der Waals surface area contributed by atoms with E-state index in [0.717, 1.165) is 12.8 Å². The van der Waals surface area contributed by atoms with E-state index in [-0.39, 0.29) is 30.2 Å². The van der Waals surface area contributed by atoms with Crippen molar-refractivity contribution in [3.8, 4) is 5.75 Å². The molecule has 2 amide bonds. The smallest absolute Gasteiger partial charge is 0.274 e. The van der Waals surface area contributed by atoms with E-state index in [0.29, 0.717) is 43.3 Å². The Kier molecular flexibility index (Phi) is 6.85. The van der Waals surface area contributed by atoms with Crippen LogP contribution in [0.15, 0.2) is 30.3 Å². The minimum Gasteiger partial charge on any atom is -0.487 e. The van der Waals surface area contributed by atoms with Gasteiger partial charge in [0, 0.05) is 32.2 Å². The maximum absolute atomic E-state index is 13.2. The Labute approximate surface area is 169 Å². The number of rotatable bonds is 7. The number of likely N-dealkylation sites (tertiary alicyclic amines) is 1. The lowest BCUT2D eigenvalue weighted by Crippen LogP contribution is -2.46. The lowest BCUT2D eigenvalue weighted by atomic mass is 9.96. The molecule has 1 aromatic carbocycles. The van der Waals surface area contributed by atoms with Crippen LogP contribution < -0.4 is 4.74 Å². The summed E-state index contributed by atoms with van der Waals surface area (Å²) in [6, 6.07) is 7.50. The van der Waals surface area contributed by atoms with Gasteiger partial charge in [-0.1, -0.05) is 6.07 Å². The molecule has 29 heavy (non-hydrogen) atoms. The first-order valence-electron chi connectivity index (χ1n) is 10.0. The van der Waals surface area contributed by atoms with Crippen LogP contribution in [-0.2, 0) is 11.4 Å². The molecule has 2 heterocycles. The summed E-state index contributed by atoms with van der Waals surface area (Å²) >= 11 is 0. The number of hydrogen-bond donors (Lipinski definition) is 1. The highest BCUT2D eigenvalue weighted by atomic mass is 19.1. The number of aromatic amines is 1. The van der Waals surface area contributed by atoms with E-state index in [9.17, 15) is 14.0 Å². The first-order valence-corrected chi connectivity index (χ1v) is 10.0. The molecule has 7 nitrogen and oxygen atoms in total. The fourth-order valence-electron chi connectivity index (χ4n) is 3.58. The summed E-state index contributed by atoms with van der Waals surface area (Å²) < 4.78 is 18.7. The number of H-pyrrole nitrogens is 1. The summed E-state index contributed by atoms with van der Waals surface area (Å²) in [5.74, 6) is -0.223. The van der Waals surface area contributed by atoms with E-state index in [1.165, 1.54) is 12.1 Å². The highest BCUT2D eigenvalue weighted by Gasteiger charge is 2.31. The molecule has 8 heteroatoms. The minimum atomic E-state index is -0.373. The zero-order valence-corrected chi connectivity index (χ0v) is 16.9. The number of carbonyl (C=O) groups is 2. The van der Waals surface area contributed by atoms with Crippen LogP contribution in [0.2, 0.25) is 0 Å². The molecule has 1 aliphatic heterocycles. The molecule has 1 fully saturated rings. The molecule has 2 aromatic rings. The third-order valence-corrected chi connectivity index (χ3v) is 5.17. The lowest BCUT2D eigenvalue weighted by molar-refractivity contribution is -0.136. The maximum atomic E-state index is 13.2. The van der Waals surface area contributed by atoms with Crippen molar-refractivity contribution in [1.29, 1.82) is 0 Å². The van der Waals surface area contributed by atoms with Crippen LogP contribution in [-0.4, -0.2) is 58.0 Å². The van der Waals surface area contributed by atoms with Crippen molar-refractivity contribution in [2.24, 2.45) is 5.92 Å². The fraction of sp³-hybridized carbons (Fsp3) is 0.476. The number of nitrogens with zero attached hydrogens (tertiary/aromatic N) is 3. The monoisotopic (exact) mass is 402 g/mol. The van der Waals surface area contributed by atoms with Crippen LogP contribution in [0.25, 0.3) is 0 Å². The predicted octanol–water partition coefficient (Wildman–Crippen LogP) is 2.85. The Morgan fingerprint density at radius 1 is 1.31 bits per heavy atom. The van der Waals surface area contributed by atoms with E-state index < -0.39 is 0 Å². The zero-order chi connectivity index (χ0) is 20.8. The fourth-order valence-corrected chi connectivity index (χ4v) is 3.58. The number of benzene rings is 1. The number of nitrogens with one attached hydrogen (secondary N) is 1. The average molecular weight is 402 g/mol. The predicted molar refractivity (Wildman–Crippen MR) is 106 cm³/mol. The van der Waals surface area contributed by atoms with Crippen molar-refractivity contribution in [3.63, 3.8) is 0 Å². The molecule has 0 radical (unpaired) electrons. The van der Waals surface area contributed by atoms with Crippen LogP contribution >= 0.6 is 0 Å². The maximum Gasteiger partial charge on any atom is 0.274 e. The lowest BCUT2D eigenvalue weighted by Gasteiger charge is -2.34. The molecule has 1 unspecified atom stereocenters. The number of amides is 2. The molecule has 0 bridgehead atoms. The molecule has 3 rings (SSSR count). The number of carbonyl (C=O) groups excluding carboxylic acids is 2. The molecule has 156 valence electrons. The Bertz CT molecular complexity index is 850. The van der Waals surface area contributed by atoms with Crippen LogP contribution in [0.5, 0.6) is 5.75 Å². The highest BCUT2D eigenvalue weighted by molar-refractivity contribution is 5.93. The van der Waals surface area contributed by atoms with Crippen molar-refractivity contribution in [1.82, 2.24) is 20.0 Å². The van der Waals surface area contributed by atoms with E-state index in [2.05, 4.69) is 10.2 Å². The Balaban J connectivity index is 1.59. The second-order valence-corrected chi connectivity index (χ2v) is 7.13. The van der Waals surface area contributed by atoms with Crippen LogP contribution in [0.1, 0.15) is 42.9 Å². The van der Waals surface area contributed by atoms with Gasteiger partial charge in [-0.3, -0.25) is 14.7 Å². The van der Waals surface area contributed by atoms with Gasteiger partial charge in [-0.25, -0.2) is 4.39 Å². The normalized spacial score (nSPS) is 16.5. The number of piperidine rings is 1. The summed E-state index contributed by atoms with van der Waals surface area (Å²) in [6.07, 6.45) is 1.59. The third kappa shape index (κ3) is 5.13. The Morgan fingerprint density at radius 3 is 2.83 bits per heavy atom. The summed E-state index contributed by atoms with van der Waals surface area (Å²) in [5.41, 5.74) is 0.907. The molecular formula is C21H27FN4O3. The molecular weight excluding hydrogens is 375 g/mol. The summed E-state index contributed by atoms with van der Waals surface area (Å²) in [5, 5.41) is 6.88. The highest BCUT2D eigenvalue weighted by Crippen LogP contribution is 2.21. The second-order valence-electron chi connectivity index (χ2n) is 7.13. The van der Waals surface area contributed by atoms with E-state index in [1.807, 2.05) is 18.7 Å². The van der Waals surface area contributed by atoms with E-state index in [1.54, 1.807) is 23.1 Å². The Hall–Kier alpha value is -2.90. The third-order valence-electron chi connectivity index (χ3n) is 5.17.